The van der Waals surface area contributed by atoms with Crippen molar-refractivity contribution >= 4 is 15.9 Å². The predicted molar refractivity (Wildman–Crippen MR) is 86.1 cm³/mol. The van der Waals surface area contributed by atoms with Crippen molar-refractivity contribution in [3.05, 3.63) is 29.3 Å². The lowest BCUT2D eigenvalue weighted by molar-refractivity contribution is -0.131. The Kier molecular flexibility index (Phi) is 5.39. The lowest BCUT2D eigenvalue weighted by Gasteiger charge is -2.31. The lowest BCUT2D eigenvalue weighted by Crippen LogP contribution is -2.46. The van der Waals surface area contributed by atoms with E-state index < -0.39 is 10.0 Å². The second-order valence-electron chi connectivity index (χ2n) is 5.86. The molecule has 23 heavy (non-hydrogen) atoms. The quantitative estimate of drug-likeness (QED) is 0.902. The molecule has 1 fully saturated rings. The van der Waals surface area contributed by atoms with Gasteiger partial charge in [-0.05, 0) is 49.9 Å². The normalized spacial score (nSPS) is 16.1. The topological polar surface area (TPSA) is 90.3 Å². The van der Waals surface area contributed by atoms with Crippen LogP contribution in [-0.2, 0) is 14.8 Å². The second kappa shape index (κ2) is 7.11. The predicted octanol–water partition coefficient (Wildman–Crippen LogP) is 1.49. The summed E-state index contributed by atoms with van der Waals surface area (Å²) in [5, 5.41) is 8.55. The van der Waals surface area contributed by atoms with Crippen LogP contribution in [0.4, 0.5) is 0 Å². The molecule has 1 aromatic carbocycles. The molecule has 0 aromatic heterocycles. The SMILES string of the molecule is Cc1ccc(S(=O)(=O)NC2CCN(C(=O)CC#N)CC2)cc1C. The minimum absolute atomic E-state index is 0.126. The molecule has 0 radical (unpaired) electrons. The number of hydrogen-bond donors (Lipinski definition) is 1. The van der Waals surface area contributed by atoms with Crippen LogP contribution >= 0.6 is 0 Å². The van der Waals surface area contributed by atoms with Crippen LogP contribution in [0.25, 0.3) is 0 Å². The molecule has 1 amide bonds. The van der Waals surface area contributed by atoms with E-state index in [0.29, 0.717) is 25.9 Å². The summed E-state index contributed by atoms with van der Waals surface area (Å²) in [6.45, 7) is 4.77. The summed E-state index contributed by atoms with van der Waals surface area (Å²) in [5.74, 6) is -0.192. The van der Waals surface area contributed by atoms with Crippen LogP contribution in [0.15, 0.2) is 23.1 Å². The average Bonchev–Trinajstić information content (AvgIpc) is 2.50. The fraction of sp³-hybridized carbons (Fsp3) is 0.500. The number of benzene rings is 1. The number of sulfonamides is 1. The Labute approximate surface area is 137 Å². The van der Waals surface area contributed by atoms with Gasteiger partial charge in [0.2, 0.25) is 15.9 Å². The first-order valence-corrected chi connectivity index (χ1v) is 9.06. The second-order valence-corrected chi connectivity index (χ2v) is 7.57. The molecule has 1 heterocycles. The van der Waals surface area contributed by atoms with E-state index in [0.717, 1.165) is 11.1 Å². The highest BCUT2D eigenvalue weighted by Gasteiger charge is 2.26. The first-order valence-electron chi connectivity index (χ1n) is 7.58. The first kappa shape index (κ1) is 17.4. The van der Waals surface area contributed by atoms with Crippen LogP contribution in [-0.4, -0.2) is 38.4 Å². The fourth-order valence-corrected chi connectivity index (χ4v) is 3.98. The number of likely N-dealkylation sites (tertiary alicyclic amines) is 1. The monoisotopic (exact) mass is 335 g/mol. The zero-order chi connectivity index (χ0) is 17.0. The van der Waals surface area contributed by atoms with Gasteiger partial charge in [-0.1, -0.05) is 6.07 Å². The number of amides is 1. The van der Waals surface area contributed by atoms with Gasteiger partial charge >= 0.3 is 0 Å². The first-order chi connectivity index (χ1) is 10.8. The van der Waals surface area contributed by atoms with Gasteiger partial charge in [-0.3, -0.25) is 4.79 Å². The average molecular weight is 335 g/mol. The molecule has 0 unspecified atom stereocenters. The molecular formula is C16H21N3O3S. The molecule has 1 aromatic rings. The van der Waals surface area contributed by atoms with Crippen molar-refractivity contribution < 1.29 is 13.2 Å². The molecule has 7 heteroatoms. The largest absolute Gasteiger partial charge is 0.342 e. The summed E-state index contributed by atoms with van der Waals surface area (Å²) in [6, 6.07) is 6.73. The number of rotatable bonds is 4. The van der Waals surface area contributed by atoms with Gasteiger partial charge in [0.05, 0.1) is 11.0 Å². The molecule has 6 nitrogen and oxygen atoms in total. The minimum atomic E-state index is -3.55. The summed E-state index contributed by atoms with van der Waals surface area (Å²) >= 11 is 0. The molecule has 1 N–H and O–H groups in total. The number of nitrogens with zero attached hydrogens (tertiary/aromatic N) is 2. The third-order valence-corrected chi connectivity index (χ3v) is 5.71. The minimum Gasteiger partial charge on any atom is -0.342 e. The van der Waals surface area contributed by atoms with E-state index in [1.807, 2.05) is 19.9 Å². The molecule has 2 rings (SSSR count). The van der Waals surface area contributed by atoms with Gasteiger partial charge in [-0.15, -0.1) is 0 Å². The smallest absolute Gasteiger partial charge is 0.240 e. The molecule has 1 aliphatic rings. The lowest BCUT2D eigenvalue weighted by atomic mass is 10.1. The molecule has 0 spiro atoms. The maximum absolute atomic E-state index is 12.4. The van der Waals surface area contributed by atoms with E-state index in [2.05, 4.69) is 4.72 Å². The zero-order valence-electron chi connectivity index (χ0n) is 13.4. The molecule has 0 atom stereocenters. The maximum Gasteiger partial charge on any atom is 0.240 e. The van der Waals surface area contributed by atoms with Crippen LogP contribution in [0.2, 0.25) is 0 Å². The molecular weight excluding hydrogens is 314 g/mol. The highest BCUT2D eigenvalue weighted by Crippen LogP contribution is 2.18. The number of piperidine rings is 1. The van der Waals surface area contributed by atoms with Gasteiger partial charge in [0, 0.05) is 19.1 Å². The Morgan fingerprint density at radius 1 is 1.30 bits per heavy atom. The van der Waals surface area contributed by atoms with Crippen molar-refractivity contribution in [2.45, 2.75) is 44.0 Å². The van der Waals surface area contributed by atoms with E-state index in [1.165, 1.54) is 0 Å². The van der Waals surface area contributed by atoms with E-state index >= 15 is 0 Å². The van der Waals surface area contributed by atoms with Crippen LogP contribution in [0.3, 0.4) is 0 Å². The van der Waals surface area contributed by atoms with Crippen molar-refractivity contribution in [3.8, 4) is 6.07 Å². The van der Waals surface area contributed by atoms with E-state index in [9.17, 15) is 13.2 Å². The van der Waals surface area contributed by atoms with Crippen LogP contribution in [0, 0.1) is 25.2 Å². The van der Waals surface area contributed by atoms with Crippen LogP contribution in [0.5, 0.6) is 0 Å². The van der Waals surface area contributed by atoms with Crippen molar-refractivity contribution in [3.63, 3.8) is 0 Å². The molecule has 124 valence electrons. The van der Waals surface area contributed by atoms with Crippen LogP contribution < -0.4 is 4.72 Å². The van der Waals surface area contributed by atoms with Crippen molar-refractivity contribution in [2.24, 2.45) is 0 Å². The Morgan fingerprint density at radius 3 is 2.52 bits per heavy atom. The summed E-state index contributed by atoms with van der Waals surface area (Å²) in [4.78, 5) is 13.5. The summed E-state index contributed by atoms with van der Waals surface area (Å²) < 4.78 is 27.6. The third kappa shape index (κ3) is 4.30. The number of aryl methyl sites for hydroxylation is 2. The maximum atomic E-state index is 12.4. The zero-order valence-corrected chi connectivity index (χ0v) is 14.2. The van der Waals surface area contributed by atoms with E-state index in [-0.39, 0.29) is 23.3 Å². The summed E-state index contributed by atoms with van der Waals surface area (Å²) in [7, 11) is -3.55. The Hall–Kier alpha value is -1.91. The van der Waals surface area contributed by atoms with E-state index in [4.69, 9.17) is 5.26 Å². The van der Waals surface area contributed by atoms with Gasteiger partial charge in [-0.2, -0.15) is 5.26 Å². The summed E-state index contributed by atoms with van der Waals surface area (Å²) in [5.41, 5.74) is 1.98. The molecule has 0 aliphatic carbocycles. The molecule has 0 bridgehead atoms. The van der Waals surface area contributed by atoms with E-state index in [1.54, 1.807) is 23.1 Å². The molecule has 1 aliphatic heterocycles. The fourth-order valence-electron chi connectivity index (χ4n) is 2.59. The van der Waals surface area contributed by atoms with Crippen molar-refractivity contribution in [1.82, 2.24) is 9.62 Å². The third-order valence-electron chi connectivity index (χ3n) is 4.19. The van der Waals surface area contributed by atoms with Gasteiger partial charge in [0.15, 0.2) is 0 Å². The Bertz CT molecular complexity index is 729. The molecule has 1 saturated heterocycles. The number of nitrogens with one attached hydrogen (secondary N) is 1. The van der Waals surface area contributed by atoms with Crippen molar-refractivity contribution in [1.29, 1.82) is 5.26 Å². The van der Waals surface area contributed by atoms with Gasteiger partial charge < -0.3 is 4.90 Å². The standard InChI is InChI=1S/C16H21N3O3S/c1-12-3-4-15(11-13(12)2)23(21,22)18-14-6-9-19(10-7-14)16(20)5-8-17/h3-4,11,14,18H,5-7,9-10H2,1-2H3. The van der Waals surface area contributed by atoms with Crippen LogP contribution in [0.1, 0.15) is 30.4 Å². The Balaban J connectivity index is 1.99. The van der Waals surface area contributed by atoms with Crippen molar-refractivity contribution in [2.75, 3.05) is 13.1 Å². The highest BCUT2D eigenvalue weighted by molar-refractivity contribution is 7.89. The summed E-state index contributed by atoms with van der Waals surface area (Å²) in [6.07, 6.45) is 0.988. The van der Waals surface area contributed by atoms with Gasteiger partial charge in [0.25, 0.3) is 0 Å². The number of hydrogen-bond acceptors (Lipinski definition) is 4. The van der Waals surface area contributed by atoms with Gasteiger partial charge in [0.1, 0.15) is 6.42 Å². The molecule has 0 saturated carbocycles. The number of carbonyl (C=O) groups excluding carboxylic acids is 1. The number of carbonyl (C=O) groups is 1. The van der Waals surface area contributed by atoms with Gasteiger partial charge in [-0.25, -0.2) is 13.1 Å². The number of nitriles is 1. The Morgan fingerprint density at radius 2 is 1.96 bits per heavy atom. The highest BCUT2D eigenvalue weighted by atomic mass is 32.2.